The van der Waals surface area contributed by atoms with E-state index >= 15 is 0 Å². The van der Waals surface area contributed by atoms with Crippen LogP contribution in [0.2, 0.25) is 0 Å². The highest BCUT2D eigenvalue weighted by molar-refractivity contribution is 5.98. The summed E-state index contributed by atoms with van der Waals surface area (Å²) in [5, 5.41) is 0.888. The number of piperidine rings is 1. The molecule has 0 aliphatic carbocycles. The summed E-state index contributed by atoms with van der Waals surface area (Å²) >= 11 is 0. The van der Waals surface area contributed by atoms with Crippen LogP contribution in [-0.4, -0.2) is 72.4 Å². The maximum atomic E-state index is 13.0. The number of primary amides is 1. The number of rotatable bonds is 7. The number of ether oxygens (including phenoxy) is 1. The van der Waals surface area contributed by atoms with E-state index in [0.29, 0.717) is 38.3 Å². The molecule has 0 spiro atoms. The highest BCUT2D eigenvalue weighted by atomic mass is 16.5. The summed E-state index contributed by atoms with van der Waals surface area (Å²) in [4.78, 5) is 45.8. The summed E-state index contributed by atoms with van der Waals surface area (Å²) in [7, 11) is 1.64. The summed E-state index contributed by atoms with van der Waals surface area (Å²) in [6.07, 6.45) is 2.49. The fourth-order valence-corrected chi connectivity index (χ4v) is 4.82. The zero-order valence-corrected chi connectivity index (χ0v) is 18.5. The summed E-state index contributed by atoms with van der Waals surface area (Å²) in [5.74, 6) is -0.591. The van der Waals surface area contributed by atoms with Crippen molar-refractivity contribution in [3.63, 3.8) is 0 Å². The minimum atomic E-state index is -0.477. The van der Waals surface area contributed by atoms with Crippen molar-refractivity contribution in [2.75, 3.05) is 39.9 Å². The van der Waals surface area contributed by atoms with E-state index in [0.717, 1.165) is 35.9 Å². The lowest BCUT2D eigenvalue weighted by Gasteiger charge is -2.33. The number of methoxy groups -OCH3 is 1. The molecule has 8 nitrogen and oxygen atoms in total. The monoisotopic (exact) mass is 438 g/mol. The number of hydrogen-bond donors (Lipinski definition) is 1. The Morgan fingerprint density at radius 1 is 1.22 bits per heavy atom. The first-order chi connectivity index (χ1) is 15.5. The van der Waals surface area contributed by atoms with Crippen LogP contribution in [0.15, 0.2) is 30.3 Å². The number of benzene rings is 1. The lowest BCUT2D eigenvalue weighted by Crippen LogP contribution is -2.42. The number of likely N-dealkylation sites (tertiary alicyclic amines) is 2. The van der Waals surface area contributed by atoms with Gasteiger partial charge in [-0.05, 0) is 31.4 Å². The Bertz CT molecular complexity index is 1020. The quantitative estimate of drug-likeness (QED) is 0.665. The number of carbonyl (C=O) groups is 3. The Morgan fingerprint density at radius 3 is 2.69 bits per heavy atom. The lowest BCUT2D eigenvalue weighted by atomic mass is 9.89. The standard InChI is InChI=1S/C24H30N4O4/c1-32-12-4-9-28-15-18(14-21(28)29)24(31)27-10-7-16(8-11-27)22-19(23(25)30)13-17-5-2-3-6-20(17)26-22/h2-3,5-6,13,16,18H,4,7-12,14-15H2,1H3,(H2,25,30)/t18-/m1/s1. The topological polar surface area (TPSA) is 106 Å². The first-order valence-electron chi connectivity index (χ1n) is 11.2. The molecule has 1 atom stereocenters. The average Bonchev–Trinajstić information content (AvgIpc) is 3.18. The van der Waals surface area contributed by atoms with Gasteiger partial charge in [-0.15, -0.1) is 0 Å². The molecule has 0 bridgehead atoms. The molecule has 0 saturated carbocycles. The van der Waals surface area contributed by atoms with Gasteiger partial charge >= 0.3 is 0 Å². The minimum Gasteiger partial charge on any atom is -0.385 e. The van der Waals surface area contributed by atoms with Crippen LogP contribution in [0, 0.1) is 5.92 Å². The van der Waals surface area contributed by atoms with Gasteiger partial charge in [0.15, 0.2) is 0 Å². The molecule has 3 amide bonds. The van der Waals surface area contributed by atoms with Crippen molar-refractivity contribution in [2.24, 2.45) is 11.7 Å². The minimum absolute atomic E-state index is 0.0424. The van der Waals surface area contributed by atoms with Crippen LogP contribution in [0.4, 0.5) is 0 Å². The van der Waals surface area contributed by atoms with Crippen molar-refractivity contribution >= 4 is 28.6 Å². The van der Waals surface area contributed by atoms with Crippen LogP contribution in [0.5, 0.6) is 0 Å². The van der Waals surface area contributed by atoms with Crippen molar-refractivity contribution in [3.05, 3.63) is 41.6 Å². The van der Waals surface area contributed by atoms with Crippen LogP contribution < -0.4 is 5.73 Å². The number of aromatic nitrogens is 1. The number of pyridine rings is 1. The van der Waals surface area contributed by atoms with E-state index in [9.17, 15) is 14.4 Å². The number of nitrogens with two attached hydrogens (primary N) is 1. The van der Waals surface area contributed by atoms with E-state index in [1.165, 1.54) is 0 Å². The Kier molecular flexibility index (Phi) is 6.69. The van der Waals surface area contributed by atoms with Crippen molar-refractivity contribution < 1.29 is 19.1 Å². The molecule has 2 aliphatic rings. The SMILES string of the molecule is COCCCN1C[C@H](C(=O)N2CCC(c3nc4ccccc4cc3C(N)=O)CC2)CC1=O. The van der Waals surface area contributed by atoms with E-state index in [1.54, 1.807) is 12.0 Å². The highest BCUT2D eigenvalue weighted by Crippen LogP contribution is 2.32. The van der Waals surface area contributed by atoms with Gasteiger partial charge in [-0.25, -0.2) is 0 Å². The van der Waals surface area contributed by atoms with Gasteiger partial charge in [0, 0.05) is 57.6 Å². The van der Waals surface area contributed by atoms with E-state index in [-0.39, 0.29) is 30.1 Å². The molecule has 1 aromatic carbocycles. The maximum absolute atomic E-state index is 13.0. The number of carbonyl (C=O) groups excluding carboxylic acids is 3. The number of nitrogens with zero attached hydrogens (tertiary/aromatic N) is 3. The number of amides is 3. The average molecular weight is 439 g/mol. The van der Waals surface area contributed by atoms with Gasteiger partial charge in [-0.3, -0.25) is 19.4 Å². The van der Waals surface area contributed by atoms with Crippen molar-refractivity contribution in [1.82, 2.24) is 14.8 Å². The molecule has 4 rings (SSSR count). The van der Waals surface area contributed by atoms with Crippen molar-refractivity contribution in [2.45, 2.75) is 31.6 Å². The summed E-state index contributed by atoms with van der Waals surface area (Å²) < 4.78 is 5.05. The van der Waals surface area contributed by atoms with Gasteiger partial charge in [0.25, 0.3) is 5.91 Å². The third-order valence-electron chi connectivity index (χ3n) is 6.55. The van der Waals surface area contributed by atoms with E-state index in [4.69, 9.17) is 15.5 Å². The van der Waals surface area contributed by atoms with E-state index < -0.39 is 5.91 Å². The molecule has 170 valence electrons. The Morgan fingerprint density at radius 2 is 1.97 bits per heavy atom. The zero-order valence-electron chi connectivity index (χ0n) is 18.5. The molecule has 2 aliphatic heterocycles. The predicted molar refractivity (Wildman–Crippen MR) is 120 cm³/mol. The second-order valence-corrected chi connectivity index (χ2v) is 8.66. The Hall–Kier alpha value is -3.00. The van der Waals surface area contributed by atoms with Gasteiger partial charge < -0.3 is 20.3 Å². The van der Waals surface area contributed by atoms with Crippen molar-refractivity contribution in [1.29, 1.82) is 0 Å². The Labute approximate surface area is 187 Å². The number of para-hydroxylation sites is 1. The smallest absolute Gasteiger partial charge is 0.250 e. The van der Waals surface area contributed by atoms with Crippen LogP contribution >= 0.6 is 0 Å². The molecule has 2 fully saturated rings. The van der Waals surface area contributed by atoms with Gasteiger partial charge in [0.05, 0.1) is 22.7 Å². The molecule has 2 saturated heterocycles. The third-order valence-corrected chi connectivity index (χ3v) is 6.55. The van der Waals surface area contributed by atoms with Crippen LogP contribution in [0.25, 0.3) is 10.9 Å². The first kappa shape index (κ1) is 22.2. The van der Waals surface area contributed by atoms with Crippen LogP contribution in [0.1, 0.15) is 47.7 Å². The molecule has 0 radical (unpaired) electrons. The number of hydrogen-bond acceptors (Lipinski definition) is 5. The van der Waals surface area contributed by atoms with Crippen molar-refractivity contribution in [3.8, 4) is 0 Å². The maximum Gasteiger partial charge on any atom is 0.250 e. The largest absolute Gasteiger partial charge is 0.385 e. The predicted octanol–water partition coefficient (Wildman–Crippen LogP) is 1.92. The summed E-state index contributed by atoms with van der Waals surface area (Å²) in [6, 6.07) is 9.50. The molecule has 2 N–H and O–H groups in total. The Balaban J connectivity index is 1.40. The molecule has 1 aromatic heterocycles. The van der Waals surface area contributed by atoms with Gasteiger partial charge in [0.2, 0.25) is 11.8 Å². The molecule has 32 heavy (non-hydrogen) atoms. The summed E-state index contributed by atoms with van der Waals surface area (Å²) in [5.41, 5.74) is 7.67. The molecule has 3 heterocycles. The third kappa shape index (κ3) is 4.60. The van der Waals surface area contributed by atoms with E-state index in [1.807, 2.05) is 35.2 Å². The molecule has 8 heteroatoms. The molecular formula is C24H30N4O4. The van der Waals surface area contributed by atoms with Crippen LogP contribution in [0.3, 0.4) is 0 Å². The molecule has 2 aromatic rings. The lowest BCUT2D eigenvalue weighted by molar-refractivity contribution is -0.136. The van der Waals surface area contributed by atoms with Gasteiger partial charge in [-0.1, -0.05) is 18.2 Å². The van der Waals surface area contributed by atoms with Gasteiger partial charge in [0.1, 0.15) is 0 Å². The second-order valence-electron chi connectivity index (χ2n) is 8.66. The zero-order chi connectivity index (χ0) is 22.7. The van der Waals surface area contributed by atoms with E-state index in [2.05, 4.69) is 0 Å². The first-order valence-corrected chi connectivity index (χ1v) is 11.2. The normalized spacial score (nSPS) is 19.7. The van der Waals surface area contributed by atoms with Crippen LogP contribution in [-0.2, 0) is 14.3 Å². The summed E-state index contributed by atoms with van der Waals surface area (Å²) in [6.45, 7) is 2.89. The fraction of sp³-hybridized carbons (Fsp3) is 0.500. The molecular weight excluding hydrogens is 408 g/mol. The molecule has 0 unspecified atom stereocenters. The number of fused-ring (bicyclic) bond motifs is 1. The van der Waals surface area contributed by atoms with Gasteiger partial charge in [-0.2, -0.15) is 0 Å². The highest BCUT2D eigenvalue weighted by Gasteiger charge is 2.37. The fourth-order valence-electron chi connectivity index (χ4n) is 4.82. The second kappa shape index (κ2) is 9.65.